The second-order valence-electron chi connectivity index (χ2n) is 4.74. The number of amides is 1. The maximum absolute atomic E-state index is 11.7. The molecule has 0 aromatic heterocycles. The van der Waals surface area contributed by atoms with Gasteiger partial charge in [0.15, 0.2) is 0 Å². The van der Waals surface area contributed by atoms with E-state index in [0.717, 1.165) is 12.0 Å². The van der Waals surface area contributed by atoms with E-state index in [2.05, 4.69) is 11.2 Å². The van der Waals surface area contributed by atoms with Crippen molar-refractivity contribution < 1.29 is 19.8 Å². The van der Waals surface area contributed by atoms with Gasteiger partial charge in [-0.3, -0.25) is 4.79 Å². The number of phenolic OH excluding ortho intramolecular Hbond substituents is 1. The molecule has 0 heterocycles. The first-order valence-electron chi connectivity index (χ1n) is 6.76. The lowest BCUT2D eigenvalue weighted by Crippen LogP contribution is -2.42. The van der Waals surface area contributed by atoms with Crippen LogP contribution >= 0.6 is 0 Å². The van der Waals surface area contributed by atoms with Crippen LogP contribution in [0.4, 0.5) is 0 Å². The molecule has 0 saturated heterocycles. The zero-order valence-electron chi connectivity index (χ0n) is 11.7. The molecule has 0 fully saturated rings. The Morgan fingerprint density at radius 1 is 1.24 bits per heavy atom. The number of phenols is 1. The number of nitrogens with one attached hydrogen (secondary N) is 1. The molecule has 0 spiro atoms. The SMILES string of the molecule is C#CCCCCC(=O)N[C@@H](Cc1ccc(O)cc1)C(=O)O. The lowest BCUT2D eigenvalue weighted by molar-refractivity contribution is -0.141. The Labute approximate surface area is 124 Å². The Bertz CT molecular complexity index is 516. The van der Waals surface area contributed by atoms with Crippen molar-refractivity contribution >= 4 is 11.9 Å². The first kappa shape index (κ1) is 16.6. The zero-order chi connectivity index (χ0) is 15.7. The number of unbranched alkanes of at least 4 members (excludes halogenated alkanes) is 2. The van der Waals surface area contributed by atoms with Crippen LogP contribution in [0, 0.1) is 12.3 Å². The van der Waals surface area contributed by atoms with E-state index in [4.69, 9.17) is 11.5 Å². The highest BCUT2D eigenvalue weighted by Gasteiger charge is 2.20. The molecule has 1 aromatic carbocycles. The fourth-order valence-electron chi connectivity index (χ4n) is 1.85. The summed E-state index contributed by atoms with van der Waals surface area (Å²) >= 11 is 0. The summed E-state index contributed by atoms with van der Waals surface area (Å²) in [5, 5.41) is 20.8. The molecule has 1 amide bonds. The third-order valence-corrected chi connectivity index (χ3v) is 2.98. The molecule has 21 heavy (non-hydrogen) atoms. The summed E-state index contributed by atoms with van der Waals surface area (Å²) in [5.74, 6) is 1.23. The summed E-state index contributed by atoms with van der Waals surface area (Å²) in [4.78, 5) is 22.9. The van der Waals surface area contributed by atoms with Crippen molar-refractivity contribution in [3.63, 3.8) is 0 Å². The van der Waals surface area contributed by atoms with E-state index in [0.29, 0.717) is 12.8 Å². The minimum absolute atomic E-state index is 0.114. The second-order valence-corrected chi connectivity index (χ2v) is 4.74. The van der Waals surface area contributed by atoms with Crippen LogP contribution in [0.15, 0.2) is 24.3 Å². The molecule has 3 N–H and O–H groups in total. The maximum atomic E-state index is 11.7. The van der Waals surface area contributed by atoms with Gasteiger partial charge in [0.25, 0.3) is 0 Å². The van der Waals surface area contributed by atoms with E-state index in [-0.39, 0.29) is 24.5 Å². The first-order valence-corrected chi connectivity index (χ1v) is 6.76. The molecule has 5 heteroatoms. The van der Waals surface area contributed by atoms with Gasteiger partial charge < -0.3 is 15.5 Å². The number of aliphatic carboxylic acids is 1. The van der Waals surface area contributed by atoms with Gasteiger partial charge in [0.2, 0.25) is 5.91 Å². The van der Waals surface area contributed by atoms with Crippen LogP contribution in [-0.2, 0) is 16.0 Å². The van der Waals surface area contributed by atoms with Crippen LogP contribution in [0.1, 0.15) is 31.2 Å². The molecule has 5 nitrogen and oxygen atoms in total. The number of carbonyl (C=O) groups excluding carboxylic acids is 1. The zero-order valence-corrected chi connectivity index (χ0v) is 11.7. The highest BCUT2D eigenvalue weighted by molar-refractivity contribution is 5.83. The summed E-state index contributed by atoms with van der Waals surface area (Å²) in [6, 6.07) is 5.25. The van der Waals surface area contributed by atoms with Crippen molar-refractivity contribution in [3.8, 4) is 18.1 Å². The lowest BCUT2D eigenvalue weighted by Gasteiger charge is -2.14. The number of hydrogen-bond acceptors (Lipinski definition) is 3. The number of carbonyl (C=O) groups is 2. The highest BCUT2D eigenvalue weighted by atomic mass is 16.4. The molecule has 0 aliphatic heterocycles. The Morgan fingerprint density at radius 2 is 1.90 bits per heavy atom. The fourth-order valence-corrected chi connectivity index (χ4v) is 1.85. The van der Waals surface area contributed by atoms with Gasteiger partial charge in [-0.2, -0.15) is 0 Å². The van der Waals surface area contributed by atoms with Gasteiger partial charge in [0.1, 0.15) is 11.8 Å². The van der Waals surface area contributed by atoms with Gasteiger partial charge in [-0.15, -0.1) is 12.3 Å². The van der Waals surface area contributed by atoms with Crippen molar-refractivity contribution in [2.24, 2.45) is 0 Å². The van der Waals surface area contributed by atoms with Crippen LogP contribution in [0.25, 0.3) is 0 Å². The Kier molecular flexibility index (Phi) is 6.82. The van der Waals surface area contributed by atoms with Crippen molar-refractivity contribution in [1.29, 1.82) is 0 Å². The third kappa shape index (κ3) is 6.48. The van der Waals surface area contributed by atoms with E-state index < -0.39 is 12.0 Å². The summed E-state index contributed by atoms with van der Waals surface area (Å²) in [6.45, 7) is 0. The summed E-state index contributed by atoms with van der Waals surface area (Å²) in [7, 11) is 0. The molecule has 1 aromatic rings. The molecular weight excluding hydrogens is 270 g/mol. The monoisotopic (exact) mass is 289 g/mol. The number of rotatable bonds is 8. The van der Waals surface area contributed by atoms with Crippen molar-refractivity contribution in [3.05, 3.63) is 29.8 Å². The molecule has 0 saturated carbocycles. The molecule has 0 aliphatic rings. The Morgan fingerprint density at radius 3 is 2.48 bits per heavy atom. The molecule has 112 valence electrons. The standard InChI is InChI=1S/C16H19NO4/c1-2-3-4-5-6-15(19)17-14(16(20)21)11-12-7-9-13(18)10-8-12/h1,7-10,14,18H,3-6,11H2,(H,17,19)(H,20,21)/t14-/m0/s1. The van der Waals surface area contributed by atoms with Crippen molar-refractivity contribution in [1.82, 2.24) is 5.32 Å². The average molecular weight is 289 g/mol. The summed E-state index contributed by atoms with van der Waals surface area (Å²) in [5.41, 5.74) is 0.729. The summed E-state index contributed by atoms with van der Waals surface area (Å²) in [6.07, 6.45) is 7.56. The molecule has 1 rings (SSSR count). The van der Waals surface area contributed by atoms with Crippen LogP contribution in [0.2, 0.25) is 0 Å². The number of hydrogen-bond donors (Lipinski definition) is 3. The second kappa shape index (κ2) is 8.64. The van der Waals surface area contributed by atoms with Crippen LogP contribution in [-0.4, -0.2) is 28.1 Å². The predicted octanol–water partition coefficient (Wildman–Crippen LogP) is 1.70. The number of aromatic hydroxyl groups is 1. The van der Waals surface area contributed by atoms with Crippen molar-refractivity contribution in [2.75, 3.05) is 0 Å². The number of terminal acetylenes is 1. The van der Waals surface area contributed by atoms with Gasteiger partial charge in [0, 0.05) is 19.3 Å². The van der Waals surface area contributed by atoms with Gasteiger partial charge in [-0.05, 0) is 30.5 Å². The first-order chi connectivity index (χ1) is 10.0. The Hall–Kier alpha value is -2.48. The number of carboxylic acids is 1. The van der Waals surface area contributed by atoms with Crippen LogP contribution in [0.5, 0.6) is 5.75 Å². The number of benzene rings is 1. The predicted molar refractivity (Wildman–Crippen MR) is 78.7 cm³/mol. The molecular formula is C16H19NO4. The van der Waals surface area contributed by atoms with E-state index >= 15 is 0 Å². The molecule has 0 bridgehead atoms. The van der Waals surface area contributed by atoms with Crippen LogP contribution in [0.3, 0.4) is 0 Å². The Balaban J connectivity index is 2.50. The van der Waals surface area contributed by atoms with E-state index in [9.17, 15) is 14.7 Å². The molecule has 0 aliphatic carbocycles. The van der Waals surface area contributed by atoms with Gasteiger partial charge >= 0.3 is 5.97 Å². The molecule has 0 unspecified atom stereocenters. The average Bonchev–Trinajstić information content (AvgIpc) is 2.45. The molecule has 1 atom stereocenters. The van der Waals surface area contributed by atoms with Gasteiger partial charge in [-0.25, -0.2) is 4.79 Å². The quantitative estimate of drug-likeness (QED) is 0.502. The maximum Gasteiger partial charge on any atom is 0.326 e. The van der Waals surface area contributed by atoms with Gasteiger partial charge in [0.05, 0.1) is 0 Å². The largest absolute Gasteiger partial charge is 0.508 e. The summed E-state index contributed by atoms with van der Waals surface area (Å²) < 4.78 is 0. The fraction of sp³-hybridized carbons (Fsp3) is 0.375. The topological polar surface area (TPSA) is 86.6 Å². The smallest absolute Gasteiger partial charge is 0.326 e. The van der Waals surface area contributed by atoms with Crippen molar-refractivity contribution in [2.45, 2.75) is 38.1 Å². The minimum Gasteiger partial charge on any atom is -0.508 e. The molecule has 0 radical (unpaired) electrons. The third-order valence-electron chi connectivity index (χ3n) is 2.98. The van der Waals surface area contributed by atoms with E-state index in [1.807, 2.05) is 0 Å². The number of carboxylic acid groups (broad SMARTS) is 1. The lowest BCUT2D eigenvalue weighted by atomic mass is 10.1. The van der Waals surface area contributed by atoms with E-state index in [1.54, 1.807) is 12.1 Å². The van der Waals surface area contributed by atoms with Crippen LogP contribution < -0.4 is 5.32 Å². The van der Waals surface area contributed by atoms with Gasteiger partial charge in [-0.1, -0.05) is 12.1 Å². The minimum atomic E-state index is -1.08. The highest BCUT2D eigenvalue weighted by Crippen LogP contribution is 2.11. The van der Waals surface area contributed by atoms with E-state index in [1.165, 1.54) is 12.1 Å². The normalized spacial score (nSPS) is 11.4.